The van der Waals surface area contributed by atoms with E-state index in [1.54, 1.807) is 18.2 Å². The largest absolute Gasteiger partial charge is 0.459 e. The molecular formula is C12H14BrNO3. The van der Waals surface area contributed by atoms with Crippen LogP contribution in [-0.4, -0.2) is 25.3 Å². The molecule has 17 heavy (non-hydrogen) atoms. The van der Waals surface area contributed by atoms with Gasteiger partial charge in [0.05, 0.1) is 11.7 Å². The van der Waals surface area contributed by atoms with Gasteiger partial charge in [-0.2, -0.15) is 0 Å². The summed E-state index contributed by atoms with van der Waals surface area (Å²) >= 11 is 3.30. The lowest BCUT2D eigenvalue weighted by molar-refractivity contribution is 0.0160. The zero-order chi connectivity index (χ0) is 12.3. The Morgan fingerprint density at radius 1 is 1.59 bits per heavy atom. The lowest BCUT2D eigenvalue weighted by Crippen LogP contribution is -2.18. The van der Waals surface area contributed by atoms with Gasteiger partial charge in [-0.15, -0.1) is 0 Å². The Kier molecular flexibility index (Phi) is 4.02. The molecule has 0 radical (unpaired) electrons. The number of esters is 1. The van der Waals surface area contributed by atoms with E-state index in [9.17, 15) is 4.79 Å². The average Bonchev–Trinajstić information content (AvgIpc) is 2.82. The van der Waals surface area contributed by atoms with Crippen molar-refractivity contribution in [3.05, 3.63) is 28.2 Å². The third kappa shape index (κ3) is 3.20. The Morgan fingerprint density at radius 3 is 3.12 bits per heavy atom. The number of carbonyl (C=O) groups excluding carboxylic acids is 1. The molecule has 0 aliphatic carbocycles. The Morgan fingerprint density at radius 2 is 2.41 bits per heavy atom. The maximum absolute atomic E-state index is 11.8. The molecule has 0 bridgehead atoms. The quantitative estimate of drug-likeness (QED) is 0.687. The van der Waals surface area contributed by atoms with E-state index in [2.05, 4.69) is 15.9 Å². The average molecular weight is 300 g/mol. The van der Waals surface area contributed by atoms with E-state index in [1.807, 2.05) is 0 Å². The second kappa shape index (κ2) is 5.51. The van der Waals surface area contributed by atoms with Gasteiger partial charge >= 0.3 is 5.97 Å². The number of hydrogen-bond donors (Lipinski definition) is 1. The number of nitrogen functional groups attached to an aromatic ring is 1. The number of nitrogens with two attached hydrogens (primary N) is 1. The molecule has 1 aromatic rings. The van der Waals surface area contributed by atoms with Crippen LogP contribution in [0, 0.1) is 0 Å². The standard InChI is InChI=1S/C12H14BrNO3/c13-11-4-3-8(14)6-10(11)12(15)17-7-9-2-1-5-16-9/h3-4,6,9H,1-2,5,7,14H2. The number of ether oxygens (including phenoxy) is 2. The molecule has 2 rings (SSSR count). The van der Waals surface area contributed by atoms with Crippen molar-refractivity contribution in [2.24, 2.45) is 0 Å². The monoisotopic (exact) mass is 299 g/mol. The molecule has 4 nitrogen and oxygen atoms in total. The van der Waals surface area contributed by atoms with Gasteiger partial charge in [-0.3, -0.25) is 0 Å². The molecule has 0 saturated carbocycles. The van der Waals surface area contributed by atoms with Crippen molar-refractivity contribution in [2.45, 2.75) is 18.9 Å². The van der Waals surface area contributed by atoms with Gasteiger partial charge in [0.1, 0.15) is 6.61 Å². The van der Waals surface area contributed by atoms with Crippen LogP contribution in [0.3, 0.4) is 0 Å². The predicted octanol–water partition coefficient (Wildman–Crippen LogP) is 2.37. The molecule has 5 heteroatoms. The summed E-state index contributed by atoms with van der Waals surface area (Å²) in [5, 5.41) is 0. The van der Waals surface area contributed by atoms with Crippen LogP contribution in [0.4, 0.5) is 5.69 Å². The molecule has 2 N–H and O–H groups in total. The van der Waals surface area contributed by atoms with Crippen LogP contribution < -0.4 is 5.73 Å². The second-order valence-corrected chi connectivity index (χ2v) is 4.83. The molecule has 1 atom stereocenters. The highest BCUT2D eigenvalue weighted by Crippen LogP contribution is 2.21. The van der Waals surface area contributed by atoms with E-state index in [4.69, 9.17) is 15.2 Å². The zero-order valence-electron chi connectivity index (χ0n) is 9.32. The van der Waals surface area contributed by atoms with Crippen LogP contribution in [0.1, 0.15) is 23.2 Å². The summed E-state index contributed by atoms with van der Waals surface area (Å²) in [6.45, 7) is 1.06. The molecule has 1 aromatic carbocycles. The first-order chi connectivity index (χ1) is 8.16. The van der Waals surface area contributed by atoms with E-state index in [-0.39, 0.29) is 12.1 Å². The van der Waals surface area contributed by atoms with E-state index < -0.39 is 0 Å². The third-order valence-corrected chi connectivity index (χ3v) is 3.33. The first-order valence-electron chi connectivity index (χ1n) is 5.50. The normalized spacial score (nSPS) is 19.2. The fourth-order valence-corrected chi connectivity index (χ4v) is 2.13. The third-order valence-electron chi connectivity index (χ3n) is 2.63. The van der Waals surface area contributed by atoms with Gasteiger partial charge < -0.3 is 15.2 Å². The molecule has 0 spiro atoms. The molecule has 1 unspecified atom stereocenters. The van der Waals surface area contributed by atoms with Crippen LogP contribution in [0.5, 0.6) is 0 Å². The molecule has 1 saturated heterocycles. The second-order valence-electron chi connectivity index (χ2n) is 3.97. The van der Waals surface area contributed by atoms with E-state index in [0.717, 1.165) is 19.4 Å². The van der Waals surface area contributed by atoms with Crippen molar-refractivity contribution in [1.82, 2.24) is 0 Å². The lowest BCUT2D eigenvalue weighted by atomic mass is 10.2. The number of halogens is 1. The van der Waals surface area contributed by atoms with Crippen LogP contribution >= 0.6 is 15.9 Å². The molecule has 1 fully saturated rings. The predicted molar refractivity (Wildman–Crippen MR) is 67.8 cm³/mol. The van der Waals surface area contributed by atoms with Crippen molar-refractivity contribution in [2.75, 3.05) is 18.9 Å². The summed E-state index contributed by atoms with van der Waals surface area (Å²) in [4.78, 5) is 11.8. The molecular weight excluding hydrogens is 286 g/mol. The Bertz CT molecular complexity index is 416. The molecule has 1 heterocycles. The summed E-state index contributed by atoms with van der Waals surface area (Å²) in [5.41, 5.74) is 6.62. The number of carbonyl (C=O) groups is 1. The smallest absolute Gasteiger partial charge is 0.339 e. The first-order valence-corrected chi connectivity index (χ1v) is 6.30. The number of anilines is 1. The Balaban J connectivity index is 1.96. The fourth-order valence-electron chi connectivity index (χ4n) is 1.72. The fraction of sp³-hybridized carbons (Fsp3) is 0.417. The van der Waals surface area contributed by atoms with Crippen molar-refractivity contribution >= 4 is 27.6 Å². The highest BCUT2D eigenvalue weighted by atomic mass is 79.9. The van der Waals surface area contributed by atoms with E-state index in [1.165, 1.54) is 0 Å². The number of hydrogen-bond acceptors (Lipinski definition) is 4. The van der Waals surface area contributed by atoms with Gasteiger partial charge in [-0.05, 0) is 47.0 Å². The minimum Gasteiger partial charge on any atom is -0.459 e. The summed E-state index contributed by atoms with van der Waals surface area (Å²) in [5.74, 6) is -0.375. The van der Waals surface area contributed by atoms with Crippen LogP contribution in [0.15, 0.2) is 22.7 Å². The number of benzene rings is 1. The summed E-state index contributed by atoms with van der Waals surface area (Å²) < 4.78 is 11.3. The van der Waals surface area contributed by atoms with Crippen molar-refractivity contribution < 1.29 is 14.3 Å². The minimum absolute atomic E-state index is 0.0405. The van der Waals surface area contributed by atoms with Crippen LogP contribution in [-0.2, 0) is 9.47 Å². The van der Waals surface area contributed by atoms with Crippen molar-refractivity contribution in [3.63, 3.8) is 0 Å². The molecule has 0 amide bonds. The van der Waals surface area contributed by atoms with Crippen molar-refractivity contribution in [3.8, 4) is 0 Å². The van der Waals surface area contributed by atoms with Crippen LogP contribution in [0.25, 0.3) is 0 Å². The van der Waals surface area contributed by atoms with Crippen molar-refractivity contribution in [1.29, 1.82) is 0 Å². The van der Waals surface area contributed by atoms with E-state index in [0.29, 0.717) is 22.3 Å². The van der Waals surface area contributed by atoms with Gasteiger partial charge in [0.2, 0.25) is 0 Å². The maximum atomic E-state index is 11.8. The van der Waals surface area contributed by atoms with Gasteiger partial charge in [-0.25, -0.2) is 4.79 Å². The van der Waals surface area contributed by atoms with Gasteiger partial charge in [0.25, 0.3) is 0 Å². The molecule has 1 aliphatic heterocycles. The van der Waals surface area contributed by atoms with E-state index >= 15 is 0 Å². The first kappa shape index (κ1) is 12.4. The molecule has 92 valence electrons. The topological polar surface area (TPSA) is 61.6 Å². The van der Waals surface area contributed by atoms with Gasteiger partial charge in [0, 0.05) is 16.8 Å². The van der Waals surface area contributed by atoms with Gasteiger partial charge in [-0.1, -0.05) is 0 Å². The maximum Gasteiger partial charge on any atom is 0.339 e. The van der Waals surface area contributed by atoms with Crippen LogP contribution in [0.2, 0.25) is 0 Å². The summed E-state index contributed by atoms with van der Waals surface area (Å²) in [7, 11) is 0. The Labute approximate surface area is 108 Å². The van der Waals surface area contributed by atoms with Gasteiger partial charge in [0.15, 0.2) is 0 Å². The Hall–Kier alpha value is -1.07. The number of rotatable bonds is 3. The zero-order valence-corrected chi connectivity index (χ0v) is 10.9. The minimum atomic E-state index is -0.375. The molecule has 1 aliphatic rings. The highest BCUT2D eigenvalue weighted by Gasteiger charge is 2.19. The SMILES string of the molecule is Nc1ccc(Br)c(C(=O)OCC2CCCO2)c1. The highest BCUT2D eigenvalue weighted by molar-refractivity contribution is 9.10. The summed E-state index contributed by atoms with van der Waals surface area (Å²) in [6.07, 6.45) is 2.02. The molecule has 0 aromatic heterocycles. The summed E-state index contributed by atoms with van der Waals surface area (Å²) in [6, 6.07) is 5.06. The lowest BCUT2D eigenvalue weighted by Gasteiger charge is -2.11.